The van der Waals surface area contributed by atoms with Crippen LogP contribution in [0.4, 0.5) is 0 Å². The Labute approximate surface area is 398 Å². The molecule has 16 heteroatoms. The van der Waals surface area contributed by atoms with Gasteiger partial charge in [0.1, 0.15) is 23.9 Å². The number of aromatic nitrogens is 2. The van der Waals surface area contributed by atoms with Crippen molar-refractivity contribution < 1.29 is 38.6 Å². The van der Waals surface area contributed by atoms with E-state index in [4.69, 9.17) is 14.5 Å². The van der Waals surface area contributed by atoms with E-state index in [9.17, 15) is 29.1 Å². The highest BCUT2D eigenvalue weighted by molar-refractivity contribution is 5.97. The monoisotopic (exact) mass is 931 g/mol. The number of fused-ring (bicyclic) bond motifs is 6. The van der Waals surface area contributed by atoms with Gasteiger partial charge in [-0.15, -0.1) is 0 Å². The van der Waals surface area contributed by atoms with Gasteiger partial charge in [0.25, 0.3) is 5.91 Å². The van der Waals surface area contributed by atoms with Crippen molar-refractivity contribution in [3.05, 3.63) is 71.5 Å². The van der Waals surface area contributed by atoms with Crippen LogP contribution in [0.15, 0.2) is 54.7 Å². The Kier molecular flexibility index (Phi) is 12.9. The Morgan fingerprint density at radius 2 is 1.81 bits per heavy atom. The van der Waals surface area contributed by atoms with Gasteiger partial charge in [-0.05, 0) is 111 Å². The minimum atomic E-state index is -1.14. The summed E-state index contributed by atoms with van der Waals surface area (Å²) in [6.45, 7) is 14.9. The van der Waals surface area contributed by atoms with Crippen molar-refractivity contribution >= 4 is 40.5 Å². The van der Waals surface area contributed by atoms with E-state index in [1.165, 1.54) is 5.01 Å². The van der Waals surface area contributed by atoms with E-state index in [0.29, 0.717) is 70.4 Å². The summed E-state index contributed by atoms with van der Waals surface area (Å²) >= 11 is 0. The second kappa shape index (κ2) is 18.6. The quantitative estimate of drug-likeness (QED) is 0.132. The number of phenols is 1. The van der Waals surface area contributed by atoms with Crippen molar-refractivity contribution in [2.45, 2.75) is 117 Å². The first kappa shape index (κ1) is 47.2. The van der Waals surface area contributed by atoms with Crippen molar-refractivity contribution in [1.82, 2.24) is 40.4 Å². The number of aryl methyl sites for hydroxylation is 1. The van der Waals surface area contributed by atoms with Crippen LogP contribution in [-0.4, -0.2) is 130 Å². The Morgan fingerprint density at radius 1 is 1.03 bits per heavy atom. The second-order valence-electron chi connectivity index (χ2n) is 20.7. The SMILES string of the molecule is CCn1c(-c2cccnc2[C@H](C)OC)c2c3cc(ccc31)-c1cc(O)cc(c1)C[C@H](NC(=O)C(C(C)C)N1CC[C@]3(CCN(C(=O)[C@H]4CN4)C3)C1=O)C(=O)N1CCC[C@H](N1)C(=O)OCC(C)(C)C2. The fraction of sp³-hybridized carbons (Fsp3) is 0.538. The van der Waals surface area contributed by atoms with Gasteiger partial charge in [-0.3, -0.25) is 34.0 Å². The predicted octanol–water partition coefficient (Wildman–Crippen LogP) is 4.90. The number of ether oxygens (including phenoxy) is 2. The lowest BCUT2D eigenvalue weighted by Gasteiger charge is -2.37. The first-order valence-electron chi connectivity index (χ1n) is 24.4. The number of pyridine rings is 1. The van der Waals surface area contributed by atoms with Gasteiger partial charge in [-0.1, -0.05) is 39.8 Å². The number of rotatable bonds is 9. The summed E-state index contributed by atoms with van der Waals surface area (Å²) in [5, 5.41) is 19.9. The number of methoxy groups -OCH3 is 1. The molecule has 5 aliphatic heterocycles. The number of aromatic hydroxyl groups is 1. The first-order chi connectivity index (χ1) is 32.5. The lowest BCUT2D eigenvalue weighted by molar-refractivity contribution is -0.155. The highest BCUT2D eigenvalue weighted by Crippen LogP contribution is 2.44. The van der Waals surface area contributed by atoms with E-state index in [1.807, 2.05) is 39.0 Å². The van der Waals surface area contributed by atoms with E-state index < -0.39 is 46.7 Å². The van der Waals surface area contributed by atoms with E-state index in [1.54, 1.807) is 35.2 Å². The van der Waals surface area contributed by atoms with Crippen LogP contribution in [0.5, 0.6) is 5.75 Å². The molecule has 6 bridgehead atoms. The second-order valence-corrected chi connectivity index (χ2v) is 20.7. The van der Waals surface area contributed by atoms with Crippen molar-refractivity contribution in [2.24, 2.45) is 16.7 Å². The van der Waals surface area contributed by atoms with Crippen molar-refractivity contribution in [3.63, 3.8) is 0 Å². The van der Waals surface area contributed by atoms with Crippen molar-refractivity contribution in [2.75, 3.05) is 46.4 Å². The van der Waals surface area contributed by atoms with Crippen LogP contribution in [0.25, 0.3) is 33.3 Å². The average Bonchev–Trinajstić information content (AvgIpc) is 3.92. The van der Waals surface area contributed by atoms with Gasteiger partial charge in [0.15, 0.2) is 0 Å². The van der Waals surface area contributed by atoms with Gasteiger partial charge in [0, 0.05) is 80.9 Å². The van der Waals surface area contributed by atoms with Crippen LogP contribution < -0.4 is 16.1 Å². The average molecular weight is 931 g/mol. The molecule has 4 amide bonds. The van der Waals surface area contributed by atoms with Crippen LogP contribution in [0, 0.1) is 16.7 Å². The lowest BCUT2D eigenvalue weighted by atomic mass is 9.84. The molecular formula is C52H66N8O8. The maximum atomic E-state index is 14.8. The highest BCUT2D eigenvalue weighted by atomic mass is 16.5. The molecule has 4 saturated heterocycles. The molecular weight excluding hydrogens is 865 g/mol. The van der Waals surface area contributed by atoms with Gasteiger partial charge in [0.2, 0.25) is 17.7 Å². The number of hydrogen-bond acceptors (Lipinski definition) is 11. The number of benzene rings is 2. The van der Waals surface area contributed by atoms with E-state index in [0.717, 1.165) is 44.5 Å². The van der Waals surface area contributed by atoms with Crippen molar-refractivity contribution in [3.8, 4) is 28.1 Å². The Balaban J connectivity index is 1.10. The molecule has 1 spiro atoms. The number of carbonyl (C=O) groups excluding carboxylic acids is 5. The molecule has 0 radical (unpaired) electrons. The Hall–Kier alpha value is -5.84. The largest absolute Gasteiger partial charge is 0.508 e. The number of carbonyl (C=O) groups is 5. The Morgan fingerprint density at radius 3 is 2.54 bits per heavy atom. The third kappa shape index (κ3) is 8.98. The van der Waals surface area contributed by atoms with Gasteiger partial charge in [-0.25, -0.2) is 5.43 Å². The van der Waals surface area contributed by atoms with E-state index in [-0.39, 0.29) is 55.2 Å². The van der Waals surface area contributed by atoms with Crippen LogP contribution in [0.2, 0.25) is 0 Å². The molecule has 2 aromatic carbocycles. The molecule has 16 nitrogen and oxygen atoms in total. The minimum absolute atomic E-state index is 0.000244. The fourth-order valence-electron chi connectivity index (χ4n) is 11.1. The third-order valence-electron chi connectivity index (χ3n) is 14.8. The summed E-state index contributed by atoms with van der Waals surface area (Å²) in [6.07, 6.45) is 4.08. The summed E-state index contributed by atoms with van der Waals surface area (Å²) in [5.41, 5.74) is 8.87. The number of phenolic OH excluding ortho intramolecular Hbond substituents is 1. The molecule has 9 rings (SSSR count). The van der Waals surface area contributed by atoms with Crippen LogP contribution in [-0.2, 0) is 52.8 Å². The molecule has 362 valence electrons. The molecule has 6 atom stereocenters. The molecule has 4 aromatic rings. The summed E-state index contributed by atoms with van der Waals surface area (Å²) in [6, 6.07) is 12.5. The molecule has 4 fully saturated rings. The summed E-state index contributed by atoms with van der Waals surface area (Å²) < 4.78 is 14.2. The molecule has 0 saturated carbocycles. The zero-order valence-corrected chi connectivity index (χ0v) is 40.4. The van der Waals surface area contributed by atoms with E-state index >= 15 is 0 Å². The van der Waals surface area contributed by atoms with Crippen LogP contribution in [0.1, 0.15) is 90.2 Å². The normalized spacial score (nSPS) is 24.9. The number of amides is 4. The standard InChI is InChI=1S/C52H66N8O8/c1-8-58-42-14-13-33-25-37(42)38(45(58)36-11-9-17-53-43(36)31(4)67-7)26-51(5,6)29-68-49(65)39-12-10-18-60(56-39)48(64)40(23-32-21-34(33)24-35(61)22-32)55-46(62)44(30(2)3)59-20-16-52(50(59)66)15-19-57(28-52)47(63)41-27-54-41/h9,11,13-14,17,21-22,24-25,30-31,39-41,44,54,56,61H,8,10,12,15-16,18-20,23,26-29H2,1-7H3,(H,55,62)/t31-,39-,40-,41+,44?,52-/m0/s1. The molecule has 68 heavy (non-hydrogen) atoms. The smallest absolute Gasteiger partial charge is 0.324 e. The molecule has 4 N–H and O–H groups in total. The van der Waals surface area contributed by atoms with Gasteiger partial charge < -0.3 is 39.6 Å². The number of nitrogens with one attached hydrogen (secondary N) is 3. The summed E-state index contributed by atoms with van der Waals surface area (Å²) in [4.78, 5) is 79.1. The zero-order chi connectivity index (χ0) is 48.2. The van der Waals surface area contributed by atoms with Crippen LogP contribution in [0.3, 0.4) is 0 Å². The maximum Gasteiger partial charge on any atom is 0.324 e. The predicted molar refractivity (Wildman–Crippen MR) is 256 cm³/mol. The lowest BCUT2D eigenvalue weighted by Crippen LogP contribution is -2.62. The van der Waals surface area contributed by atoms with Crippen molar-refractivity contribution in [1.29, 1.82) is 0 Å². The molecule has 1 unspecified atom stereocenters. The molecule has 5 aliphatic rings. The van der Waals surface area contributed by atoms with Gasteiger partial charge in [0.05, 0.1) is 35.6 Å². The van der Waals surface area contributed by atoms with Gasteiger partial charge in [-0.2, -0.15) is 0 Å². The number of hydrazine groups is 1. The molecule has 2 aromatic heterocycles. The van der Waals surface area contributed by atoms with Gasteiger partial charge >= 0.3 is 5.97 Å². The zero-order valence-electron chi connectivity index (χ0n) is 40.4. The first-order valence-corrected chi connectivity index (χ1v) is 24.4. The van der Waals surface area contributed by atoms with Crippen LogP contribution >= 0.6 is 0 Å². The topological polar surface area (TPSA) is 198 Å². The Bertz CT molecular complexity index is 2640. The van der Waals surface area contributed by atoms with E-state index in [2.05, 4.69) is 59.6 Å². The summed E-state index contributed by atoms with van der Waals surface area (Å²) in [5.74, 6) is -1.84. The molecule has 7 heterocycles. The molecule has 0 aliphatic carbocycles. The number of hydrogen-bond donors (Lipinski definition) is 4. The number of cyclic esters (lactones) is 1. The third-order valence-corrected chi connectivity index (χ3v) is 14.8. The minimum Gasteiger partial charge on any atom is -0.508 e. The number of nitrogens with zero attached hydrogens (tertiary/aromatic N) is 5. The highest BCUT2D eigenvalue weighted by Gasteiger charge is 2.55. The number of esters is 1. The maximum absolute atomic E-state index is 14.8. The fourth-order valence-corrected chi connectivity index (χ4v) is 11.1. The summed E-state index contributed by atoms with van der Waals surface area (Å²) in [7, 11) is 1.68. The number of likely N-dealkylation sites (tertiary alicyclic amines) is 2.